The molecule has 0 unspecified atom stereocenters. The Kier molecular flexibility index (Phi) is 15.6. The van der Waals surface area contributed by atoms with Gasteiger partial charge in [0.2, 0.25) is 5.91 Å². The van der Waals surface area contributed by atoms with E-state index in [1.807, 2.05) is 60.7 Å². The summed E-state index contributed by atoms with van der Waals surface area (Å²) in [5.74, 6) is 1.89. The fourth-order valence-electron chi connectivity index (χ4n) is 5.39. The molecule has 0 aliphatic rings. The van der Waals surface area contributed by atoms with Crippen molar-refractivity contribution in [2.45, 2.75) is 79.7 Å². The van der Waals surface area contributed by atoms with Gasteiger partial charge in [-0.3, -0.25) is 9.59 Å². The molecule has 50 heavy (non-hydrogen) atoms. The highest BCUT2D eigenvalue weighted by molar-refractivity contribution is 8.00. The third-order valence-corrected chi connectivity index (χ3v) is 11.5. The number of hydrogen-bond acceptors (Lipinski definition) is 7. The van der Waals surface area contributed by atoms with Gasteiger partial charge in [0.25, 0.3) is 5.91 Å². The van der Waals surface area contributed by atoms with E-state index in [-0.39, 0.29) is 11.8 Å². The number of ether oxygens (including phenoxy) is 1. The lowest BCUT2D eigenvalue weighted by atomic mass is 10.1. The number of rotatable bonds is 21. The van der Waals surface area contributed by atoms with Crippen molar-refractivity contribution < 1.29 is 14.3 Å². The number of nitrogens with zero attached hydrogens (tertiary/aromatic N) is 1. The van der Waals surface area contributed by atoms with Crippen LogP contribution in [0.1, 0.15) is 79.8 Å². The smallest absolute Gasteiger partial charge is 0.255 e. The van der Waals surface area contributed by atoms with Crippen LogP contribution in [-0.2, 0) is 17.0 Å². The van der Waals surface area contributed by atoms with E-state index in [0.29, 0.717) is 24.5 Å². The molecule has 4 aromatic carbocycles. The summed E-state index contributed by atoms with van der Waals surface area (Å²) in [6, 6.07) is 31.8. The number of amides is 2. The van der Waals surface area contributed by atoms with Crippen LogP contribution in [0.5, 0.6) is 5.75 Å². The molecule has 0 radical (unpaired) electrons. The first-order valence-electron chi connectivity index (χ1n) is 17.7. The van der Waals surface area contributed by atoms with Gasteiger partial charge in [0.15, 0.2) is 4.34 Å². The molecule has 6 nitrogen and oxygen atoms in total. The number of anilines is 1. The third-order valence-electron chi connectivity index (χ3n) is 8.24. The summed E-state index contributed by atoms with van der Waals surface area (Å²) in [7, 11) is 0. The Morgan fingerprint density at radius 1 is 0.780 bits per heavy atom. The van der Waals surface area contributed by atoms with E-state index in [2.05, 4.69) is 54.0 Å². The Morgan fingerprint density at radius 2 is 1.52 bits per heavy atom. The molecule has 9 heteroatoms. The number of carbonyl (C=O) groups excluding carboxylic acids is 2. The zero-order valence-electron chi connectivity index (χ0n) is 28.8. The van der Waals surface area contributed by atoms with Crippen molar-refractivity contribution in [3.8, 4) is 5.75 Å². The highest BCUT2D eigenvalue weighted by Gasteiger charge is 2.10. The minimum atomic E-state index is -0.150. The highest BCUT2D eigenvalue weighted by Crippen LogP contribution is 2.33. The number of benzene rings is 4. The van der Waals surface area contributed by atoms with Gasteiger partial charge < -0.3 is 15.4 Å². The summed E-state index contributed by atoms with van der Waals surface area (Å²) in [6.07, 6.45) is 11.0. The van der Waals surface area contributed by atoms with E-state index < -0.39 is 0 Å². The standard InChI is InChI=1S/C41H47N3O3S3/c1-2-3-4-5-6-7-8-12-27-47-35-20-17-33(18-21-35)40(46)43-34-19-24-37-38(28-34)50-41(44-37)49-29-32-15-22-36(23-16-32)48-30-39(45)42-26-25-31-13-10-9-11-14-31/h9-11,13-24,28H,2-8,12,25-27,29-30H2,1H3,(H,42,45)(H,43,46). The number of thiazole rings is 1. The fourth-order valence-corrected chi connectivity index (χ4v) is 8.18. The van der Waals surface area contributed by atoms with Crippen molar-refractivity contribution in [2.24, 2.45) is 0 Å². The third kappa shape index (κ3) is 12.8. The molecule has 2 N–H and O–H groups in total. The summed E-state index contributed by atoms with van der Waals surface area (Å²) >= 11 is 4.87. The molecule has 0 saturated carbocycles. The molecular weight excluding hydrogens is 679 g/mol. The Morgan fingerprint density at radius 3 is 2.28 bits per heavy atom. The second kappa shape index (κ2) is 20.8. The normalized spacial score (nSPS) is 11.1. The monoisotopic (exact) mass is 725 g/mol. The maximum Gasteiger partial charge on any atom is 0.255 e. The molecule has 0 spiro atoms. The van der Waals surface area contributed by atoms with Crippen LogP contribution in [0.15, 0.2) is 106 Å². The lowest BCUT2D eigenvalue weighted by Gasteiger charge is -2.08. The molecule has 0 aliphatic heterocycles. The molecule has 0 saturated heterocycles. The Balaban J connectivity index is 1.00. The van der Waals surface area contributed by atoms with E-state index in [1.54, 1.807) is 34.9 Å². The van der Waals surface area contributed by atoms with Crippen LogP contribution < -0.4 is 15.4 Å². The minimum Gasteiger partial charge on any atom is -0.494 e. The molecular formula is C41H47N3O3S3. The van der Waals surface area contributed by atoms with Gasteiger partial charge in [-0.15, -0.1) is 23.1 Å². The van der Waals surface area contributed by atoms with Crippen LogP contribution in [0.4, 0.5) is 5.69 Å². The number of nitrogens with one attached hydrogen (secondary N) is 2. The van der Waals surface area contributed by atoms with Crippen LogP contribution in [0.2, 0.25) is 0 Å². The van der Waals surface area contributed by atoms with Crippen molar-refractivity contribution in [2.75, 3.05) is 24.2 Å². The molecule has 1 heterocycles. The second-order valence-electron chi connectivity index (χ2n) is 12.3. The summed E-state index contributed by atoms with van der Waals surface area (Å²) in [4.78, 5) is 31.1. The van der Waals surface area contributed by atoms with Gasteiger partial charge in [0.1, 0.15) is 5.75 Å². The van der Waals surface area contributed by atoms with Crippen molar-refractivity contribution in [3.05, 3.63) is 114 Å². The van der Waals surface area contributed by atoms with Crippen molar-refractivity contribution in [3.63, 3.8) is 0 Å². The maximum absolute atomic E-state index is 13.0. The first kappa shape index (κ1) is 37.5. The van der Waals surface area contributed by atoms with Crippen molar-refractivity contribution in [1.82, 2.24) is 10.3 Å². The molecule has 262 valence electrons. The summed E-state index contributed by atoms with van der Waals surface area (Å²) in [5, 5.41) is 6.03. The molecule has 0 aliphatic carbocycles. The van der Waals surface area contributed by atoms with Gasteiger partial charge in [-0.05, 0) is 78.6 Å². The molecule has 0 fully saturated rings. The number of carbonyl (C=O) groups is 2. The predicted octanol–water partition coefficient (Wildman–Crippen LogP) is 10.8. The van der Waals surface area contributed by atoms with Gasteiger partial charge in [-0.2, -0.15) is 0 Å². The number of aromatic nitrogens is 1. The zero-order chi connectivity index (χ0) is 34.8. The molecule has 0 atom stereocenters. The zero-order valence-corrected chi connectivity index (χ0v) is 31.3. The largest absolute Gasteiger partial charge is 0.494 e. The fraction of sp³-hybridized carbons (Fsp3) is 0.341. The van der Waals surface area contributed by atoms with Gasteiger partial charge >= 0.3 is 0 Å². The molecule has 2 amide bonds. The topological polar surface area (TPSA) is 80.3 Å². The first-order valence-corrected chi connectivity index (χ1v) is 20.4. The van der Waals surface area contributed by atoms with Crippen molar-refractivity contribution >= 4 is 62.6 Å². The number of hydrogen-bond donors (Lipinski definition) is 2. The molecule has 1 aromatic heterocycles. The number of thioether (sulfide) groups is 2. The van der Waals surface area contributed by atoms with E-state index in [9.17, 15) is 9.59 Å². The SMILES string of the molecule is CCCCCCCCCCOc1ccc(C(=O)Nc2ccc3nc(SCc4ccc(SCC(=O)NCCc5ccccc5)cc4)sc3c2)cc1. The summed E-state index contributed by atoms with van der Waals surface area (Å²) < 4.78 is 7.91. The predicted molar refractivity (Wildman–Crippen MR) is 212 cm³/mol. The minimum absolute atomic E-state index is 0.0488. The van der Waals surface area contributed by atoms with Gasteiger partial charge in [-0.1, -0.05) is 106 Å². The molecule has 5 aromatic rings. The van der Waals surface area contributed by atoms with Crippen LogP contribution >= 0.6 is 34.9 Å². The quantitative estimate of drug-likeness (QED) is 0.0579. The van der Waals surface area contributed by atoms with E-state index >= 15 is 0 Å². The van der Waals surface area contributed by atoms with E-state index in [4.69, 9.17) is 9.72 Å². The Labute approximate surface area is 309 Å². The molecule has 0 bridgehead atoms. The Bertz CT molecular complexity index is 1760. The van der Waals surface area contributed by atoms with Crippen LogP contribution in [0, 0.1) is 0 Å². The van der Waals surface area contributed by atoms with Crippen LogP contribution in [-0.4, -0.2) is 35.7 Å². The maximum atomic E-state index is 13.0. The van der Waals surface area contributed by atoms with E-state index in [1.165, 1.54) is 56.1 Å². The average molecular weight is 726 g/mol. The van der Waals surface area contributed by atoms with Crippen LogP contribution in [0.3, 0.4) is 0 Å². The van der Waals surface area contributed by atoms with Crippen LogP contribution in [0.25, 0.3) is 10.2 Å². The molecule has 5 rings (SSSR count). The second-order valence-corrected chi connectivity index (χ2v) is 15.6. The average Bonchev–Trinajstić information content (AvgIpc) is 3.56. The number of unbranched alkanes of at least 4 members (excludes halogenated alkanes) is 7. The van der Waals surface area contributed by atoms with Gasteiger partial charge in [0, 0.05) is 28.4 Å². The van der Waals surface area contributed by atoms with E-state index in [0.717, 1.165) is 49.5 Å². The summed E-state index contributed by atoms with van der Waals surface area (Å²) in [5.41, 5.74) is 4.68. The van der Waals surface area contributed by atoms with Gasteiger partial charge in [0.05, 0.1) is 22.6 Å². The van der Waals surface area contributed by atoms with Gasteiger partial charge in [-0.25, -0.2) is 4.98 Å². The number of fused-ring (bicyclic) bond motifs is 1. The summed E-state index contributed by atoms with van der Waals surface area (Å²) in [6.45, 7) is 3.60. The Hall–Kier alpha value is -3.79. The lowest BCUT2D eigenvalue weighted by Crippen LogP contribution is -2.27. The lowest BCUT2D eigenvalue weighted by molar-refractivity contribution is -0.118. The highest BCUT2D eigenvalue weighted by atomic mass is 32.2. The van der Waals surface area contributed by atoms with Crippen molar-refractivity contribution in [1.29, 1.82) is 0 Å². The first-order chi connectivity index (χ1) is 24.6.